The minimum atomic E-state index is -0.366. The van der Waals surface area contributed by atoms with Crippen LogP contribution >= 0.6 is 23.2 Å². The molecule has 0 unspecified atom stereocenters. The van der Waals surface area contributed by atoms with Crippen LogP contribution in [0, 0.1) is 0 Å². The molecular weight excluding hydrogens is 275 g/mol. The zero-order valence-electron chi connectivity index (χ0n) is 9.86. The highest BCUT2D eigenvalue weighted by Crippen LogP contribution is 2.35. The molecule has 0 amide bonds. The van der Waals surface area contributed by atoms with Crippen molar-refractivity contribution >= 4 is 29.0 Å². The molecule has 0 saturated carbocycles. The predicted molar refractivity (Wildman–Crippen MR) is 70.3 cm³/mol. The lowest BCUT2D eigenvalue weighted by Crippen LogP contribution is -2.45. The smallest absolute Gasteiger partial charge is 0.171 e. The maximum absolute atomic E-state index is 6.16. The van der Waals surface area contributed by atoms with Gasteiger partial charge in [-0.25, -0.2) is 4.98 Å². The quantitative estimate of drug-likeness (QED) is 0.796. The van der Waals surface area contributed by atoms with Crippen LogP contribution < -0.4 is 4.90 Å². The average Bonchev–Trinajstić information content (AvgIpc) is 2.80. The van der Waals surface area contributed by atoms with Crippen molar-refractivity contribution in [1.82, 2.24) is 4.98 Å². The second-order valence-electron chi connectivity index (χ2n) is 4.55. The van der Waals surface area contributed by atoms with Gasteiger partial charge in [-0.2, -0.15) is 0 Å². The molecule has 3 heterocycles. The minimum Gasteiger partial charge on any atom is -0.355 e. The number of ether oxygens (including phenoxy) is 2. The van der Waals surface area contributed by atoms with E-state index in [-0.39, 0.29) is 5.79 Å². The van der Waals surface area contributed by atoms with E-state index in [9.17, 15) is 0 Å². The van der Waals surface area contributed by atoms with Crippen LogP contribution in [0.5, 0.6) is 0 Å². The molecule has 2 saturated heterocycles. The third-order valence-electron chi connectivity index (χ3n) is 3.43. The van der Waals surface area contributed by atoms with Crippen LogP contribution in [0.1, 0.15) is 12.8 Å². The van der Waals surface area contributed by atoms with Gasteiger partial charge in [0.2, 0.25) is 0 Å². The van der Waals surface area contributed by atoms with E-state index in [2.05, 4.69) is 9.88 Å². The Bertz CT molecular complexity index is 440. The first kappa shape index (κ1) is 12.5. The third-order valence-corrected chi connectivity index (χ3v) is 3.91. The topological polar surface area (TPSA) is 34.6 Å². The van der Waals surface area contributed by atoms with Gasteiger partial charge in [-0.3, -0.25) is 0 Å². The van der Waals surface area contributed by atoms with E-state index < -0.39 is 0 Å². The lowest BCUT2D eigenvalue weighted by molar-refractivity contribution is -0.169. The fourth-order valence-corrected chi connectivity index (χ4v) is 2.98. The van der Waals surface area contributed by atoms with E-state index in [0.29, 0.717) is 23.3 Å². The number of aromatic nitrogens is 1. The summed E-state index contributed by atoms with van der Waals surface area (Å²) in [6, 6.07) is 1.72. The fourth-order valence-electron chi connectivity index (χ4n) is 2.48. The molecule has 0 N–H and O–H groups in total. The predicted octanol–water partition coefficient (Wildman–Crippen LogP) is 2.73. The molecule has 1 spiro atoms. The van der Waals surface area contributed by atoms with Crippen molar-refractivity contribution in [3.63, 3.8) is 0 Å². The molecule has 1 aromatic heterocycles. The van der Waals surface area contributed by atoms with Crippen LogP contribution in [0.4, 0.5) is 5.82 Å². The summed E-state index contributed by atoms with van der Waals surface area (Å²) in [6.07, 6.45) is 3.30. The maximum Gasteiger partial charge on any atom is 0.171 e. The number of rotatable bonds is 1. The molecule has 98 valence electrons. The molecule has 2 fully saturated rings. The van der Waals surface area contributed by atoms with Crippen molar-refractivity contribution in [2.24, 2.45) is 0 Å². The molecule has 3 rings (SSSR count). The first-order valence-corrected chi connectivity index (χ1v) is 6.78. The first-order valence-electron chi connectivity index (χ1n) is 6.02. The van der Waals surface area contributed by atoms with Gasteiger partial charge in [-0.05, 0) is 6.07 Å². The molecule has 0 radical (unpaired) electrons. The highest BCUT2D eigenvalue weighted by Gasteiger charge is 2.40. The molecule has 0 bridgehead atoms. The van der Waals surface area contributed by atoms with Crippen molar-refractivity contribution in [2.75, 3.05) is 31.2 Å². The summed E-state index contributed by atoms with van der Waals surface area (Å²) >= 11 is 12.0. The Kier molecular flexibility index (Phi) is 3.36. The molecule has 0 aromatic carbocycles. The Balaban J connectivity index is 1.72. The number of piperidine rings is 1. The van der Waals surface area contributed by atoms with Gasteiger partial charge in [-0.15, -0.1) is 0 Å². The fraction of sp³-hybridized carbons (Fsp3) is 0.583. The van der Waals surface area contributed by atoms with Gasteiger partial charge in [-0.1, -0.05) is 23.2 Å². The summed E-state index contributed by atoms with van der Waals surface area (Å²) in [6.45, 7) is 3.04. The summed E-state index contributed by atoms with van der Waals surface area (Å²) in [7, 11) is 0. The Morgan fingerprint density at radius 2 is 1.83 bits per heavy atom. The standard InChI is InChI=1S/C12H14Cl2N2O2/c13-9-7-10(14)11(15-8-9)16-3-1-12(2-4-16)17-5-6-18-12/h7-8H,1-6H2. The maximum atomic E-state index is 6.16. The van der Waals surface area contributed by atoms with Crippen molar-refractivity contribution in [1.29, 1.82) is 0 Å². The lowest BCUT2D eigenvalue weighted by Gasteiger charge is -2.38. The SMILES string of the molecule is Clc1cnc(N2CCC3(CC2)OCCO3)c(Cl)c1. The van der Waals surface area contributed by atoms with E-state index >= 15 is 0 Å². The number of nitrogens with zero attached hydrogens (tertiary/aromatic N) is 2. The molecule has 2 aliphatic rings. The molecule has 18 heavy (non-hydrogen) atoms. The second-order valence-corrected chi connectivity index (χ2v) is 5.40. The first-order chi connectivity index (χ1) is 8.69. The van der Waals surface area contributed by atoms with E-state index in [1.54, 1.807) is 12.3 Å². The molecule has 4 nitrogen and oxygen atoms in total. The average molecular weight is 289 g/mol. The Morgan fingerprint density at radius 3 is 2.44 bits per heavy atom. The highest BCUT2D eigenvalue weighted by molar-refractivity contribution is 6.36. The van der Waals surface area contributed by atoms with Gasteiger partial charge in [0, 0.05) is 32.1 Å². The third kappa shape index (κ3) is 2.30. The van der Waals surface area contributed by atoms with Crippen molar-refractivity contribution in [2.45, 2.75) is 18.6 Å². The van der Waals surface area contributed by atoms with Gasteiger partial charge in [0.15, 0.2) is 5.79 Å². The number of anilines is 1. The second kappa shape index (κ2) is 4.85. The van der Waals surface area contributed by atoms with Crippen molar-refractivity contribution < 1.29 is 9.47 Å². The Labute approximate surface area is 116 Å². The lowest BCUT2D eigenvalue weighted by atomic mass is 10.0. The number of hydrogen-bond donors (Lipinski definition) is 0. The molecule has 2 aliphatic heterocycles. The summed E-state index contributed by atoms with van der Waals surface area (Å²) in [5.41, 5.74) is 0. The summed E-state index contributed by atoms with van der Waals surface area (Å²) < 4.78 is 11.4. The number of hydrogen-bond acceptors (Lipinski definition) is 4. The number of pyridine rings is 1. The minimum absolute atomic E-state index is 0.366. The van der Waals surface area contributed by atoms with Gasteiger partial charge in [0.05, 0.1) is 23.3 Å². The monoisotopic (exact) mass is 288 g/mol. The van der Waals surface area contributed by atoms with Crippen LogP contribution in [0.3, 0.4) is 0 Å². The summed E-state index contributed by atoms with van der Waals surface area (Å²) in [5, 5.41) is 1.14. The van der Waals surface area contributed by atoms with Gasteiger partial charge >= 0.3 is 0 Å². The van der Waals surface area contributed by atoms with E-state index in [4.69, 9.17) is 32.7 Å². The zero-order valence-corrected chi connectivity index (χ0v) is 11.4. The van der Waals surface area contributed by atoms with Crippen molar-refractivity contribution in [3.05, 3.63) is 22.3 Å². The largest absolute Gasteiger partial charge is 0.355 e. The summed E-state index contributed by atoms with van der Waals surface area (Å²) in [5.74, 6) is 0.420. The van der Waals surface area contributed by atoms with E-state index in [1.165, 1.54) is 0 Å². The zero-order chi connectivity index (χ0) is 12.6. The van der Waals surface area contributed by atoms with E-state index in [0.717, 1.165) is 31.7 Å². The van der Waals surface area contributed by atoms with Gasteiger partial charge < -0.3 is 14.4 Å². The molecule has 6 heteroatoms. The van der Waals surface area contributed by atoms with Crippen molar-refractivity contribution in [3.8, 4) is 0 Å². The molecular formula is C12H14Cl2N2O2. The van der Waals surface area contributed by atoms with Crippen LogP contribution in [-0.4, -0.2) is 37.1 Å². The van der Waals surface area contributed by atoms with Crippen LogP contribution in [0.25, 0.3) is 0 Å². The van der Waals surface area contributed by atoms with Crippen LogP contribution in [0.2, 0.25) is 10.0 Å². The molecule has 0 atom stereocenters. The summed E-state index contributed by atoms with van der Waals surface area (Å²) in [4.78, 5) is 6.44. The number of halogens is 2. The van der Waals surface area contributed by atoms with Crippen LogP contribution in [0.15, 0.2) is 12.3 Å². The molecule has 0 aliphatic carbocycles. The van der Waals surface area contributed by atoms with E-state index in [1.807, 2.05) is 0 Å². The van der Waals surface area contributed by atoms with Gasteiger partial charge in [0.25, 0.3) is 0 Å². The Morgan fingerprint density at radius 1 is 1.17 bits per heavy atom. The molecule has 1 aromatic rings. The highest BCUT2D eigenvalue weighted by atomic mass is 35.5. The van der Waals surface area contributed by atoms with Gasteiger partial charge in [0.1, 0.15) is 5.82 Å². The Hall–Kier alpha value is -0.550. The van der Waals surface area contributed by atoms with Crippen LogP contribution in [-0.2, 0) is 9.47 Å². The normalized spacial score (nSPS) is 22.7.